The number of pyridine rings is 1. The van der Waals surface area contributed by atoms with Crippen LogP contribution in [-0.2, 0) is 5.54 Å². The third-order valence-electron chi connectivity index (χ3n) is 6.41. The van der Waals surface area contributed by atoms with E-state index in [0.717, 1.165) is 32.5 Å². The number of rotatable bonds is 3. The molecule has 29 heavy (non-hydrogen) atoms. The first-order chi connectivity index (χ1) is 13.8. The first kappa shape index (κ1) is 17.9. The maximum Gasteiger partial charge on any atom is 0.259 e. The summed E-state index contributed by atoms with van der Waals surface area (Å²) in [5.41, 5.74) is 1.37. The second kappa shape index (κ2) is 5.67. The molecule has 3 aromatic heterocycles. The van der Waals surface area contributed by atoms with Crippen molar-refractivity contribution in [3.05, 3.63) is 45.8 Å². The molecular weight excluding hydrogens is 364 g/mol. The van der Waals surface area contributed by atoms with Crippen LogP contribution in [0, 0.1) is 6.92 Å². The number of nitrogens with zero attached hydrogens (tertiary/aromatic N) is 4. The summed E-state index contributed by atoms with van der Waals surface area (Å²) in [4.78, 5) is 21.5. The van der Waals surface area contributed by atoms with Crippen molar-refractivity contribution < 1.29 is 0 Å². The number of H-pyrrole nitrogens is 1. The fourth-order valence-corrected chi connectivity index (χ4v) is 4.48. The van der Waals surface area contributed by atoms with Crippen molar-refractivity contribution >= 4 is 44.9 Å². The van der Waals surface area contributed by atoms with Crippen molar-refractivity contribution in [2.75, 3.05) is 7.05 Å². The number of fused-ring (bicyclic) bond motifs is 2. The molecule has 0 fully saturated rings. The Hall–Kier alpha value is -3.19. The summed E-state index contributed by atoms with van der Waals surface area (Å²) in [7, 11) is 1.91. The number of aryl methyl sites for hydroxylation is 1. The van der Waals surface area contributed by atoms with Gasteiger partial charge in [0.15, 0.2) is 0 Å². The number of hydrogen-bond donors (Lipinski definition) is 2. The van der Waals surface area contributed by atoms with Gasteiger partial charge < -0.3 is 14.9 Å². The van der Waals surface area contributed by atoms with Crippen LogP contribution in [0.25, 0.3) is 44.9 Å². The fraction of sp³-hybridized carbons (Fsp3) is 0.318. The van der Waals surface area contributed by atoms with Crippen molar-refractivity contribution in [2.45, 2.75) is 39.3 Å². The van der Waals surface area contributed by atoms with Crippen LogP contribution in [0.5, 0.6) is 0 Å². The SMILES string of the molecule is C=c1c2ccc3[nH]c4nc(C)nn4c4ccc(c(=O)n1C(C)(C)C(C)NC)c2c34. The van der Waals surface area contributed by atoms with Crippen molar-refractivity contribution in [1.29, 1.82) is 0 Å². The summed E-state index contributed by atoms with van der Waals surface area (Å²) in [6, 6.07) is 8.02. The highest BCUT2D eigenvalue weighted by Crippen LogP contribution is 2.32. The zero-order valence-electron chi connectivity index (χ0n) is 17.3. The molecule has 0 radical (unpaired) electrons. The lowest BCUT2D eigenvalue weighted by Crippen LogP contribution is -2.54. The topological polar surface area (TPSA) is 80.0 Å². The molecule has 5 aromatic rings. The molecule has 0 saturated heterocycles. The van der Waals surface area contributed by atoms with Gasteiger partial charge in [-0.25, -0.2) is 0 Å². The molecule has 0 spiro atoms. The number of hydrogen-bond acceptors (Lipinski definition) is 4. The van der Waals surface area contributed by atoms with Crippen molar-refractivity contribution in [3.63, 3.8) is 0 Å². The molecule has 1 atom stereocenters. The van der Waals surface area contributed by atoms with E-state index in [9.17, 15) is 4.79 Å². The van der Waals surface area contributed by atoms with Crippen LogP contribution in [0.2, 0.25) is 0 Å². The Morgan fingerprint density at radius 3 is 2.62 bits per heavy atom. The van der Waals surface area contributed by atoms with Gasteiger partial charge in [-0.1, -0.05) is 12.6 Å². The smallest absolute Gasteiger partial charge is 0.259 e. The van der Waals surface area contributed by atoms with Crippen LogP contribution in [0.15, 0.2) is 29.1 Å². The normalized spacial score (nSPS) is 14.0. The van der Waals surface area contributed by atoms with Crippen LogP contribution in [-0.4, -0.2) is 37.2 Å². The van der Waals surface area contributed by atoms with Crippen LogP contribution in [0.1, 0.15) is 26.6 Å². The minimum atomic E-state index is -0.449. The molecule has 3 heterocycles. The van der Waals surface area contributed by atoms with Gasteiger partial charge in [-0.05, 0) is 52.9 Å². The quantitative estimate of drug-likeness (QED) is 0.465. The van der Waals surface area contributed by atoms with E-state index in [0.29, 0.717) is 17.0 Å². The predicted octanol–water partition coefficient (Wildman–Crippen LogP) is 2.46. The standard InChI is InChI=1S/C22H24N6O/c1-11-14-7-9-16-19-17(28-21(25-16)24-13(3)26-28)10-8-15(18(14)19)20(29)27(11)22(4,5)12(2)23-6/h7-10,12,23H,1H2,2-6H3,(H,24,25,26). The van der Waals surface area contributed by atoms with Gasteiger partial charge in [0.2, 0.25) is 5.78 Å². The zero-order valence-corrected chi connectivity index (χ0v) is 17.3. The fourth-order valence-electron chi connectivity index (χ4n) is 4.48. The Bertz CT molecular complexity index is 1500. The van der Waals surface area contributed by atoms with Gasteiger partial charge in [-0.2, -0.15) is 9.50 Å². The average molecular weight is 388 g/mol. The predicted molar refractivity (Wildman–Crippen MR) is 117 cm³/mol. The Kier molecular flexibility index (Phi) is 3.49. The summed E-state index contributed by atoms with van der Waals surface area (Å²) in [5, 5.41) is 12.1. The van der Waals surface area contributed by atoms with E-state index in [1.54, 1.807) is 4.52 Å². The van der Waals surface area contributed by atoms with E-state index in [1.807, 2.05) is 42.8 Å². The second-order valence-corrected chi connectivity index (χ2v) is 8.31. The summed E-state index contributed by atoms with van der Waals surface area (Å²) in [6.45, 7) is 12.4. The van der Waals surface area contributed by atoms with Crippen molar-refractivity contribution in [2.24, 2.45) is 0 Å². The van der Waals surface area contributed by atoms with Crippen LogP contribution < -0.4 is 16.2 Å². The van der Waals surface area contributed by atoms with E-state index in [-0.39, 0.29) is 11.6 Å². The van der Waals surface area contributed by atoms with Crippen LogP contribution in [0.4, 0.5) is 0 Å². The molecule has 0 amide bonds. The van der Waals surface area contributed by atoms with E-state index in [1.165, 1.54) is 0 Å². The maximum atomic E-state index is 13.6. The molecule has 2 N–H and O–H groups in total. The van der Waals surface area contributed by atoms with E-state index in [4.69, 9.17) is 0 Å². The molecule has 0 bridgehead atoms. The summed E-state index contributed by atoms with van der Waals surface area (Å²) in [5.74, 6) is 1.38. The van der Waals surface area contributed by atoms with Gasteiger partial charge >= 0.3 is 0 Å². The number of benzene rings is 2. The monoisotopic (exact) mass is 388 g/mol. The van der Waals surface area contributed by atoms with Crippen LogP contribution >= 0.6 is 0 Å². The Labute approximate surface area is 167 Å². The number of likely N-dealkylation sites (N-methyl/N-ethyl adjacent to an activating group) is 1. The number of aromatic amines is 1. The molecule has 0 aliphatic rings. The van der Waals surface area contributed by atoms with Gasteiger partial charge in [-0.15, -0.1) is 5.10 Å². The largest absolute Gasteiger partial charge is 0.323 e. The molecular formula is C22H24N6O. The van der Waals surface area contributed by atoms with Gasteiger partial charge in [0, 0.05) is 32.9 Å². The first-order valence-corrected chi connectivity index (χ1v) is 9.77. The molecule has 1 unspecified atom stereocenters. The highest BCUT2D eigenvalue weighted by atomic mass is 16.1. The molecule has 0 aliphatic carbocycles. The lowest BCUT2D eigenvalue weighted by Gasteiger charge is -2.35. The molecule has 7 nitrogen and oxygen atoms in total. The third-order valence-corrected chi connectivity index (χ3v) is 6.41. The van der Waals surface area contributed by atoms with Crippen molar-refractivity contribution in [3.8, 4) is 0 Å². The summed E-state index contributed by atoms with van der Waals surface area (Å²) < 4.78 is 3.63. The van der Waals surface area contributed by atoms with Crippen LogP contribution in [0.3, 0.4) is 0 Å². The average Bonchev–Trinajstić information content (AvgIpc) is 3.06. The van der Waals surface area contributed by atoms with Gasteiger partial charge in [0.1, 0.15) is 5.82 Å². The second-order valence-electron chi connectivity index (χ2n) is 8.31. The molecule has 5 rings (SSSR count). The molecule has 7 heteroatoms. The minimum absolute atomic E-state index is 0.0288. The summed E-state index contributed by atoms with van der Waals surface area (Å²) >= 11 is 0. The lowest BCUT2D eigenvalue weighted by atomic mass is 9.93. The molecule has 148 valence electrons. The highest BCUT2D eigenvalue weighted by molar-refractivity contribution is 6.21. The minimum Gasteiger partial charge on any atom is -0.323 e. The van der Waals surface area contributed by atoms with E-state index < -0.39 is 5.54 Å². The third kappa shape index (κ3) is 2.19. The zero-order chi connectivity index (χ0) is 20.7. The number of nitrogens with one attached hydrogen (secondary N) is 2. The molecule has 0 saturated carbocycles. The lowest BCUT2D eigenvalue weighted by molar-refractivity contribution is 0.256. The highest BCUT2D eigenvalue weighted by Gasteiger charge is 2.30. The molecule has 0 aliphatic heterocycles. The molecule has 2 aromatic carbocycles. The first-order valence-electron chi connectivity index (χ1n) is 9.77. The Balaban J connectivity index is 2.02. The van der Waals surface area contributed by atoms with Gasteiger partial charge in [-0.3, -0.25) is 4.79 Å². The summed E-state index contributed by atoms with van der Waals surface area (Å²) in [6.07, 6.45) is 0. The van der Waals surface area contributed by atoms with Gasteiger partial charge in [0.25, 0.3) is 5.56 Å². The van der Waals surface area contributed by atoms with Gasteiger partial charge in [0.05, 0.1) is 16.6 Å². The Morgan fingerprint density at radius 2 is 1.90 bits per heavy atom. The van der Waals surface area contributed by atoms with Crippen molar-refractivity contribution in [1.82, 2.24) is 29.5 Å². The maximum absolute atomic E-state index is 13.6. The Morgan fingerprint density at radius 1 is 1.17 bits per heavy atom. The number of aromatic nitrogens is 5. The van der Waals surface area contributed by atoms with E-state index in [2.05, 4.69) is 47.7 Å². The van der Waals surface area contributed by atoms with E-state index >= 15 is 0 Å².